The molecule has 1 N–H and O–H groups in total. The lowest BCUT2D eigenvalue weighted by Crippen LogP contribution is -2.14. The number of carbonyl (C=O) groups is 2. The molecule has 0 spiro atoms. The summed E-state index contributed by atoms with van der Waals surface area (Å²) >= 11 is 0. The number of phenolic OH excluding ortho intramolecular Hbond substituents is 1. The van der Waals surface area contributed by atoms with E-state index in [-0.39, 0.29) is 16.6 Å². The first-order chi connectivity index (χ1) is 15.4. The van der Waals surface area contributed by atoms with Crippen LogP contribution in [0.1, 0.15) is 90.6 Å². The number of ether oxygens (including phenoxy) is 2. The van der Waals surface area contributed by atoms with Crippen LogP contribution in [0, 0.1) is 0 Å². The molecule has 5 heteroatoms. The van der Waals surface area contributed by atoms with E-state index in [1.165, 1.54) is 7.11 Å². The van der Waals surface area contributed by atoms with E-state index in [0.29, 0.717) is 28.0 Å². The van der Waals surface area contributed by atoms with Crippen molar-refractivity contribution in [3.8, 4) is 17.2 Å². The minimum atomic E-state index is -0.489. The molecule has 3 aromatic rings. The molecule has 0 aromatic heterocycles. The average molecular weight is 447 g/mol. The molecule has 4 rings (SSSR count). The second-order valence-electron chi connectivity index (χ2n) is 10.7. The van der Waals surface area contributed by atoms with Crippen LogP contribution in [0.3, 0.4) is 0 Å². The molecule has 1 unspecified atom stereocenters. The van der Waals surface area contributed by atoms with Gasteiger partial charge < -0.3 is 14.6 Å². The van der Waals surface area contributed by atoms with Crippen LogP contribution in [0.4, 0.5) is 0 Å². The van der Waals surface area contributed by atoms with Crippen molar-refractivity contribution in [1.29, 1.82) is 0 Å². The SMILES string of the molecule is COc1ccc(C2Oc3c(C(C)(C)C)cc(C=O)c4c(O)c(C(C)(C)C)cc2c34)cc1C=O. The number of rotatable bonds is 4. The summed E-state index contributed by atoms with van der Waals surface area (Å²) in [6.07, 6.45) is 1.08. The average Bonchev–Trinajstić information content (AvgIpc) is 3.13. The quantitative estimate of drug-likeness (QED) is 0.479. The molecule has 0 bridgehead atoms. The van der Waals surface area contributed by atoms with Crippen LogP contribution in [0.25, 0.3) is 10.8 Å². The van der Waals surface area contributed by atoms with Gasteiger partial charge in [-0.1, -0.05) is 47.6 Å². The molecule has 5 nitrogen and oxygen atoms in total. The van der Waals surface area contributed by atoms with E-state index in [9.17, 15) is 14.7 Å². The summed E-state index contributed by atoms with van der Waals surface area (Å²) < 4.78 is 11.9. The summed E-state index contributed by atoms with van der Waals surface area (Å²) in [5.74, 6) is 1.27. The fraction of sp³-hybridized carbons (Fsp3) is 0.357. The van der Waals surface area contributed by atoms with Gasteiger partial charge in [0.2, 0.25) is 0 Å². The minimum absolute atomic E-state index is 0.109. The Kier molecular flexibility index (Phi) is 5.27. The highest BCUT2D eigenvalue weighted by Crippen LogP contribution is 2.54. The predicted octanol–water partition coefficient (Wildman–Crippen LogP) is 6.26. The van der Waals surface area contributed by atoms with Gasteiger partial charge in [0.1, 0.15) is 23.4 Å². The molecule has 1 heterocycles. The number of aldehydes is 2. The van der Waals surface area contributed by atoms with Crippen molar-refractivity contribution in [1.82, 2.24) is 0 Å². The third-order valence-electron chi connectivity index (χ3n) is 6.34. The smallest absolute Gasteiger partial charge is 0.153 e. The molecule has 0 fully saturated rings. The lowest BCUT2D eigenvalue weighted by atomic mass is 9.79. The number of hydrogen-bond donors (Lipinski definition) is 1. The Labute approximate surface area is 194 Å². The summed E-state index contributed by atoms with van der Waals surface area (Å²) in [6, 6.07) is 9.22. The van der Waals surface area contributed by atoms with E-state index < -0.39 is 6.10 Å². The van der Waals surface area contributed by atoms with Crippen molar-refractivity contribution < 1.29 is 24.2 Å². The van der Waals surface area contributed by atoms with Crippen LogP contribution in [0.2, 0.25) is 0 Å². The molecule has 1 atom stereocenters. The molecule has 33 heavy (non-hydrogen) atoms. The van der Waals surface area contributed by atoms with E-state index in [1.807, 2.05) is 39.0 Å². The molecular weight excluding hydrogens is 416 g/mol. The molecule has 3 aromatic carbocycles. The minimum Gasteiger partial charge on any atom is -0.507 e. The van der Waals surface area contributed by atoms with Gasteiger partial charge in [-0.05, 0) is 40.7 Å². The normalized spacial score (nSPS) is 15.4. The van der Waals surface area contributed by atoms with E-state index in [1.54, 1.807) is 12.1 Å². The Morgan fingerprint density at radius 3 is 2.06 bits per heavy atom. The topological polar surface area (TPSA) is 72.8 Å². The Morgan fingerprint density at radius 2 is 1.52 bits per heavy atom. The Morgan fingerprint density at radius 1 is 0.879 bits per heavy atom. The molecule has 0 aliphatic carbocycles. The van der Waals surface area contributed by atoms with E-state index in [0.717, 1.165) is 40.2 Å². The van der Waals surface area contributed by atoms with Crippen molar-refractivity contribution in [3.05, 3.63) is 63.7 Å². The third kappa shape index (κ3) is 3.56. The first-order valence-corrected chi connectivity index (χ1v) is 11.0. The van der Waals surface area contributed by atoms with E-state index >= 15 is 0 Å². The first-order valence-electron chi connectivity index (χ1n) is 11.0. The van der Waals surface area contributed by atoms with Gasteiger partial charge in [0, 0.05) is 33.0 Å². The molecule has 0 amide bonds. The van der Waals surface area contributed by atoms with Gasteiger partial charge in [-0.3, -0.25) is 9.59 Å². The summed E-state index contributed by atoms with van der Waals surface area (Å²) in [6.45, 7) is 12.3. The van der Waals surface area contributed by atoms with Crippen molar-refractivity contribution in [3.63, 3.8) is 0 Å². The molecule has 172 valence electrons. The number of phenols is 1. The second-order valence-corrected chi connectivity index (χ2v) is 10.7. The van der Waals surface area contributed by atoms with Crippen LogP contribution in [0.15, 0.2) is 30.3 Å². The van der Waals surface area contributed by atoms with Gasteiger partial charge in [0.05, 0.1) is 12.7 Å². The zero-order valence-corrected chi connectivity index (χ0v) is 20.2. The maximum absolute atomic E-state index is 12.2. The van der Waals surface area contributed by atoms with Crippen LogP contribution in [0.5, 0.6) is 17.2 Å². The maximum Gasteiger partial charge on any atom is 0.153 e. The molecule has 1 aliphatic rings. The van der Waals surface area contributed by atoms with E-state index in [4.69, 9.17) is 9.47 Å². The van der Waals surface area contributed by atoms with Gasteiger partial charge in [-0.15, -0.1) is 0 Å². The summed E-state index contributed by atoms with van der Waals surface area (Å²) in [7, 11) is 1.53. The van der Waals surface area contributed by atoms with Crippen molar-refractivity contribution in [2.45, 2.75) is 58.5 Å². The van der Waals surface area contributed by atoms with Gasteiger partial charge in [0.25, 0.3) is 0 Å². The lowest BCUT2D eigenvalue weighted by Gasteiger charge is -2.25. The Hall–Kier alpha value is -3.34. The molecule has 1 aliphatic heterocycles. The van der Waals surface area contributed by atoms with Crippen molar-refractivity contribution >= 4 is 23.3 Å². The Bertz CT molecular complexity index is 1290. The first kappa shape index (κ1) is 22.8. The lowest BCUT2D eigenvalue weighted by molar-refractivity contribution is 0.111. The highest BCUT2D eigenvalue weighted by atomic mass is 16.5. The summed E-state index contributed by atoms with van der Waals surface area (Å²) in [5, 5.41) is 12.6. The van der Waals surface area contributed by atoms with E-state index in [2.05, 4.69) is 20.8 Å². The van der Waals surface area contributed by atoms with Crippen LogP contribution in [-0.2, 0) is 10.8 Å². The predicted molar refractivity (Wildman–Crippen MR) is 129 cm³/mol. The largest absolute Gasteiger partial charge is 0.507 e. The monoisotopic (exact) mass is 446 g/mol. The second kappa shape index (κ2) is 7.62. The van der Waals surface area contributed by atoms with Crippen LogP contribution >= 0.6 is 0 Å². The van der Waals surface area contributed by atoms with Crippen LogP contribution in [-0.4, -0.2) is 24.8 Å². The van der Waals surface area contributed by atoms with Gasteiger partial charge in [-0.2, -0.15) is 0 Å². The molecule has 0 saturated heterocycles. The fourth-order valence-electron chi connectivity index (χ4n) is 4.63. The van der Waals surface area contributed by atoms with Crippen LogP contribution < -0.4 is 9.47 Å². The highest BCUT2D eigenvalue weighted by molar-refractivity contribution is 6.08. The van der Waals surface area contributed by atoms with Crippen molar-refractivity contribution in [2.75, 3.05) is 7.11 Å². The number of carbonyl (C=O) groups excluding carboxylic acids is 2. The number of hydrogen-bond acceptors (Lipinski definition) is 5. The molecule has 0 radical (unpaired) electrons. The molecule has 0 saturated carbocycles. The fourth-order valence-corrected chi connectivity index (χ4v) is 4.63. The number of methoxy groups -OCH3 is 1. The highest BCUT2D eigenvalue weighted by Gasteiger charge is 2.37. The maximum atomic E-state index is 12.2. The zero-order chi connectivity index (χ0) is 24.3. The van der Waals surface area contributed by atoms with Gasteiger partial charge >= 0.3 is 0 Å². The Balaban J connectivity index is 2.11. The summed E-state index contributed by atoms with van der Waals surface area (Å²) in [5.41, 5.74) is 3.53. The number of aromatic hydroxyl groups is 1. The van der Waals surface area contributed by atoms with Gasteiger partial charge in [-0.25, -0.2) is 0 Å². The number of benzene rings is 3. The van der Waals surface area contributed by atoms with Crippen molar-refractivity contribution in [2.24, 2.45) is 0 Å². The summed E-state index contributed by atoms with van der Waals surface area (Å²) in [4.78, 5) is 23.8. The third-order valence-corrected chi connectivity index (χ3v) is 6.34. The standard InChI is InChI=1S/C28H30O5/c1-27(2,3)19-12-18-23-22(24(19)31)17(14-30)11-20(28(4,5)6)26(23)33-25(18)15-8-9-21(32-7)16(10-15)13-29/h8-14,25,31H,1-7H3. The zero-order valence-electron chi connectivity index (χ0n) is 20.2. The van der Waals surface area contributed by atoms with Gasteiger partial charge in [0.15, 0.2) is 12.6 Å². The molecular formula is C28H30O5.